The van der Waals surface area contributed by atoms with Crippen LogP contribution in [0.5, 0.6) is 5.75 Å². The normalized spacial score (nSPS) is 12.5. The largest absolute Gasteiger partial charge is 0.508 e. The average Bonchev–Trinajstić information content (AvgIpc) is 3.07. The Morgan fingerprint density at radius 3 is 2.60 bits per heavy atom. The molecular formula is C15H15N3OS. The Morgan fingerprint density at radius 1 is 1.20 bits per heavy atom. The number of phenols is 1. The van der Waals surface area contributed by atoms with E-state index < -0.39 is 0 Å². The van der Waals surface area contributed by atoms with E-state index in [2.05, 4.69) is 28.4 Å². The van der Waals surface area contributed by atoms with Crippen LogP contribution in [0.1, 0.15) is 23.5 Å². The molecule has 0 saturated carbocycles. The Balaban J connectivity index is 2.02. The lowest BCUT2D eigenvalue weighted by Gasteiger charge is -2.15. The van der Waals surface area contributed by atoms with Crippen LogP contribution >= 0.6 is 11.3 Å². The van der Waals surface area contributed by atoms with Crippen LogP contribution in [0.25, 0.3) is 11.4 Å². The highest BCUT2D eigenvalue weighted by Gasteiger charge is 2.17. The van der Waals surface area contributed by atoms with Gasteiger partial charge in [-0.1, -0.05) is 0 Å². The number of hydrogen-bond donors (Lipinski definition) is 1. The third-order valence-electron chi connectivity index (χ3n) is 3.39. The zero-order valence-corrected chi connectivity index (χ0v) is 12.1. The molecule has 0 aliphatic carbocycles. The topological polar surface area (TPSA) is 50.9 Å². The first-order valence-electron chi connectivity index (χ1n) is 6.39. The molecule has 1 aromatic carbocycles. The lowest BCUT2D eigenvalue weighted by atomic mass is 10.1. The molecule has 1 atom stereocenters. The van der Waals surface area contributed by atoms with Crippen molar-refractivity contribution in [1.82, 2.24) is 14.5 Å². The van der Waals surface area contributed by atoms with Gasteiger partial charge in [-0.2, -0.15) is 0 Å². The van der Waals surface area contributed by atoms with Crippen molar-refractivity contribution in [3.63, 3.8) is 0 Å². The summed E-state index contributed by atoms with van der Waals surface area (Å²) < 4.78 is 2.11. The standard InChI is InChI=1S/C15H15N3OS/c1-10(14-11(2)20-9-17-14)18-8-7-16-15(18)12-3-5-13(19)6-4-12/h3-10,19H,1-2H3. The van der Waals surface area contributed by atoms with Gasteiger partial charge < -0.3 is 9.67 Å². The Labute approximate surface area is 121 Å². The highest BCUT2D eigenvalue weighted by atomic mass is 32.1. The van der Waals surface area contributed by atoms with E-state index in [0.29, 0.717) is 0 Å². The molecule has 102 valence electrons. The fourth-order valence-electron chi connectivity index (χ4n) is 2.31. The van der Waals surface area contributed by atoms with Crippen LogP contribution in [0.2, 0.25) is 0 Å². The van der Waals surface area contributed by atoms with Crippen molar-refractivity contribution in [2.75, 3.05) is 0 Å². The molecule has 2 heterocycles. The van der Waals surface area contributed by atoms with Crippen molar-refractivity contribution >= 4 is 11.3 Å². The molecule has 0 amide bonds. The summed E-state index contributed by atoms with van der Waals surface area (Å²) in [4.78, 5) is 10.1. The maximum atomic E-state index is 9.38. The van der Waals surface area contributed by atoms with E-state index in [0.717, 1.165) is 17.1 Å². The molecule has 0 radical (unpaired) electrons. The predicted octanol–water partition coefficient (Wildman–Crippen LogP) is 3.63. The SMILES string of the molecule is Cc1scnc1C(C)n1ccnc1-c1ccc(O)cc1. The summed E-state index contributed by atoms with van der Waals surface area (Å²) in [5, 5.41) is 9.38. The van der Waals surface area contributed by atoms with Gasteiger partial charge in [-0.15, -0.1) is 11.3 Å². The van der Waals surface area contributed by atoms with Crippen molar-refractivity contribution < 1.29 is 5.11 Å². The molecular weight excluding hydrogens is 270 g/mol. The van der Waals surface area contributed by atoms with Gasteiger partial charge in [0.15, 0.2) is 0 Å². The molecule has 1 N–H and O–H groups in total. The van der Waals surface area contributed by atoms with Crippen LogP contribution in [-0.2, 0) is 0 Å². The van der Waals surface area contributed by atoms with Crippen molar-refractivity contribution in [3.8, 4) is 17.1 Å². The second-order valence-electron chi connectivity index (χ2n) is 4.67. The maximum Gasteiger partial charge on any atom is 0.140 e. The van der Waals surface area contributed by atoms with Crippen LogP contribution in [0, 0.1) is 6.92 Å². The van der Waals surface area contributed by atoms with Gasteiger partial charge in [-0.3, -0.25) is 0 Å². The number of phenolic OH excluding ortho intramolecular Hbond substituents is 1. The number of nitrogens with zero attached hydrogens (tertiary/aromatic N) is 3. The van der Waals surface area contributed by atoms with Crippen LogP contribution in [-0.4, -0.2) is 19.6 Å². The van der Waals surface area contributed by atoms with Gasteiger partial charge in [0, 0.05) is 22.8 Å². The lowest BCUT2D eigenvalue weighted by molar-refractivity contribution is 0.475. The molecule has 5 heteroatoms. The van der Waals surface area contributed by atoms with Crippen LogP contribution in [0.15, 0.2) is 42.2 Å². The van der Waals surface area contributed by atoms with Gasteiger partial charge in [0.05, 0.1) is 17.2 Å². The van der Waals surface area contributed by atoms with Gasteiger partial charge in [-0.05, 0) is 38.1 Å². The monoisotopic (exact) mass is 285 g/mol. The molecule has 0 aliphatic heterocycles. The van der Waals surface area contributed by atoms with E-state index in [-0.39, 0.29) is 11.8 Å². The van der Waals surface area contributed by atoms with Gasteiger partial charge >= 0.3 is 0 Å². The fraction of sp³-hybridized carbons (Fsp3) is 0.200. The van der Waals surface area contributed by atoms with Crippen molar-refractivity contribution in [2.24, 2.45) is 0 Å². The molecule has 0 spiro atoms. The molecule has 1 unspecified atom stereocenters. The van der Waals surface area contributed by atoms with E-state index in [1.54, 1.807) is 29.7 Å². The summed E-state index contributed by atoms with van der Waals surface area (Å²) in [6.07, 6.45) is 3.76. The van der Waals surface area contributed by atoms with Crippen LogP contribution in [0.4, 0.5) is 0 Å². The van der Waals surface area contributed by atoms with Crippen molar-refractivity contribution in [3.05, 3.63) is 52.7 Å². The lowest BCUT2D eigenvalue weighted by Crippen LogP contribution is -2.09. The molecule has 0 bridgehead atoms. The van der Waals surface area contributed by atoms with Crippen LogP contribution < -0.4 is 0 Å². The number of aromatic hydroxyl groups is 1. The maximum absolute atomic E-state index is 9.38. The van der Waals surface area contributed by atoms with Gasteiger partial charge in [0.1, 0.15) is 11.6 Å². The molecule has 20 heavy (non-hydrogen) atoms. The predicted molar refractivity (Wildman–Crippen MR) is 80.0 cm³/mol. The Hall–Kier alpha value is -2.14. The molecule has 0 saturated heterocycles. The van der Waals surface area contributed by atoms with E-state index in [4.69, 9.17) is 0 Å². The van der Waals surface area contributed by atoms with Crippen molar-refractivity contribution in [2.45, 2.75) is 19.9 Å². The zero-order chi connectivity index (χ0) is 14.1. The molecule has 4 nitrogen and oxygen atoms in total. The summed E-state index contributed by atoms with van der Waals surface area (Å²) in [5.74, 6) is 1.14. The third-order valence-corrected chi connectivity index (χ3v) is 4.16. The number of aromatic nitrogens is 3. The first-order chi connectivity index (χ1) is 9.66. The molecule has 3 aromatic rings. The highest BCUT2D eigenvalue weighted by molar-refractivity contribution is 7.09. The quantitative estimate of drug-likeness (QED) is 0.799. The molecule has 0 aliphatic rings. The van der Waals surface area contributed by atoms with Gasteiger partial charge in [-0.25, -0.2) is 9.97 Å². The van der Waals surface area contributed by atoms with E-state index in [9.17, 15) is 5.11 Å². The van der Waals surface area contributed by atoms with Gasteiger partial charge in [0.25, 0.3) is 0 Å². The summed E-state index contributed by atoms with van der Waals surface area (Å²) in [6.45, 7) is 4.20. The summed E-state index contributed by atoms with van der Waals surface area (Å²) in [5.41, 5.74) is 3.93. The number of hydrogen-bond acceptors (Lipinski definition) is 4. The smallest absolute Gasteiger partial charge is 0.140 e. The van der Waals surface area contributed by atoms with Crippen molar-refractivity contribution in [1.29, 1.82) is 0 Å². The first kappa shape index (κ1) is 12.9. The van der Waals surface area contributed by atoms with Crippen LogP contribution in [0.3, 0.4) is 0 Å². The highest BCUT2D eigenvalue weighted by Crippen LogP contribution is 2.28. The number of aryl methyl sites for hydroxylation is 1. The third kappa shape index (κ3) is 2.20. The minimum Gasteiger partial charge on any atom is -0.508 e. The number of thiazole rings is 1. The number of imidazole rings is 1. The summed E-state index contributed by atoms with van der Waals surface area (Å²) in [6, 6.07) is 7.22. The summed E-state index contributed by atoms with van der Waals surface area (Å²) in [7, 11) is 0. The second kappa shape index (κ2) is 5.09. The van der Waals surface area contributed by atoms with E-state index >= 15 is 0 Å². The molecule has 3 rings (SSSR count). The fourth-order valence-corrected chi connectivity index (χ4v) is 2.98. The minimum absolute atomic E-state index is 0.132. The van der Waals surface area contributed by atoms with E-state index in [1.165, 1.54) is 4.88 Å². The second-order valence-corrected chi connectivity index (χ2v) is 5.73. The Kier molecular flexibility index (Phi) is 3.28. The number of rotatable bonds is 3. The molecule has 0 fully saturated rings. The van der Waals surface area contributed by atoms with Gasteiger partial charge in [0.2, 0.25) is 0 Å². The molecule has 2 aromatic heterocycles. The van der Waals surface area contributed by atoms with E-state index in [1.807, 2.05) is 23.8 Å². The Bertz CT molecular complexity index is 715. The average molecular weight is 285 g/mol. The zero-order valence-electron chi connectivity index (χ0n) is 11.3. The first-order valence-corrected chi connectivity index (χ1v) is 7.27. The number of benzene rings is 1. The minimum atomic E-state index is 0.132. The summed E-state index contributed by atoms with van der Waals surface area (Å²) >= 11 is 1.66. The Morgan fingerprint density at radius 2 is 1.95 bits per heavy atom.